The Labute approximate surface area is 108 Å². The van der Waals surface area contributed by atoms with Gasteiger partial charge in [0.1, 0.15) is 5.82 Å². The van der Waals surface area contributed by atoms with Crippen molar-refractivity contribution >= 4 is 5.69 Å². The van der Waals surface area contributed by atoms with E-state index in [-0.39, 0.29) is 11.9 Å². The molecule has 1 aromatic rings. The normalized spacial score (nSPS) is 17.6. The van der Waals surface area contributed by atoms with Crippen molar-refractivity contribution in [1.29, 1.82) is 0 Å². The lowest BCUT2D eigenvalue weighted by Gasteiger charge is -2.31. The number of anilines is 1. The average molecular weight is 248 g/mol. The molecule has 1 unspecified atom stereocenters. The zero-order valence-corrected chi connectivity index (χ0v) is 11.3. The topological polar surface area (TPSA) is 15.3 Å². The maximum Gasteiger partial charge on any atom is 0.130 e. The minimum absolute atomic E-state index is 0.0208. The Bertz CT molecular complexity index is 454. The van der Waals surface area contributed by atoms with E-state index >= 15 is 0 Å². The molecule has 1 aliphatic rings. The molecule has 1 heterocycles. The molecule has 0 saturated carbocycles. The first-order chi connectivity index (χ1) is 8.63. The van der Waals surface area contributed by atoms with E-state index in [1.165, 1.54) is 5.57 Å². The van der Waals surface area contributed by atoms with Crippen molar-refractivity contribution in [3.63, 3.8) is 0 Å². The maximum atomic E-state index is 14.1. The molecular weight excluding hydrogens is 227 g/mol. The predicted octanol–water partition coefficient (Wildman–Crippen LogP) is 3.26. The summed E-state index contributed by atoms with van der Waals surface area (Å²) >= 11 is 0. The first-order valence-corrected chi connectivity index (χ1v) is 6.49. The number of benzene rings is 1. The monoisotopic (exact) mass is 248 g/mol. The fourth-order valence-corrected chi connectivity index (χ4v) is 2.49. The molecule has 1 aliphatic heterocycles. The van der Waals surface area contributed by atoms with Crippen LogP contribution in [0.4, 0.5) is 10.1 Å². The van der Waals surface area contributed by atoms with Crippen molar-refractivity contribution in [1.82, 2.24) is 5.32 Å². The van der Waals surface area contributed by atoms with E-state index in [2.05, 4.69) is 23.2 Å². The number of hydrogen-bond acceptors (Lipinski definition) is 2. The Kier molecular flexibility index (Phi) is 4.02. The summed E-state index contributed by atoms with van der Waals surface area (Å²) in [6.07, 6.45) is 3.30. The van der Waals surface area contributed by atoms with Gasteiger partial charge in [-0.15, -0.1) is 0 Å². The van der Waals surface area contributed by atoms with Crippen LogP contribution in [0.1, 0.15) is 31.9 Å². The average Bonchev–Trinajstić information content (AvgIpc) is 2.37. The molecule has 0 aliphatic carbocycles. The fraction of sp³-hybridized carbons (Fsp3) is 0.467. The van der Waals surface area contributed by atoms with Gasteiger partial charge in [-0.2, -0.15) is 0 Å². The summed E-state index contributed by atoms with van der Waals surface area (Å²) in [6, 6.07) is 5.38. The van der Waals surface area contributed by atoms with Crippen molar-refractivity contribution in [2.75, 3.05) is 25.0 Å². The molecule has 1 N–H and O–H groups in total. The van der Waals surface area contributed by atoms with Gasteiger partial charge in [-0.1, -0.05) is 17.7 Å². The molecule has 0 amide bonds. The number of nitrogens with one attached hydrogen (secondary N) is 1. The van der Waals surface area contributed by atoms with E-state index in [0.29, 0.717) is 0 Å². The van der Waals surface area contributed by atoms with Gasteiger partial charge in [0.25, 0.3) is 0 Å². The molecule has 98 valence electrons. The van der Waals surface area contributed by atoms with E-state index in [1.54, 1.807) is 12.1 Å². The Hall–Kier alpha value is -1.35. The standard InChI is InChI=1S/C15H21FN2/c1-11-6-5-9-18(10-11)14-8-4-7-13(16)15(14)12(2)17-3/h4,6-8,12,17H,5,9-10H2,1-3H3. The van der Waals surface area contributed by atoms with E-state index in [0.717, 1.165) is 30.8 Å². The summed E-state index contributed by atoms with van der Waals surface area (Å²) in [5, 5.41) is 3.13. The van der Waals surface area contributed by atoms with Gasteiger partial charge in [0.2, 0.25) is 0 Å². The summed E-state index contributed by atoms with van der Waals surface area (Å²) in [7, 11) is 1.86. The van der Waals surface area contributed by atoms with Crippen LogP contribution in [-0.2, 0) is 0 Å². The predicted molar refractivity (Wildman–Crippen MR) is 74.5 cm³/mol. The molecule has 2 nitrogen and oxygen atoms in total. The minimum Gasteiger partial charge on any atom is -0.367 e. The van der Waals surface area contributed by atoms with Gasteiger partial charge in [-0.3, -0.25) is 0 Å². The van der Waals surface area contributed by atoms with Crippen LogP contribution in [0.25, 0.3) is 0 Å². The summed E-state index contributed by atoms with van der Waals surface area (Å²) in [5.41, 5.74) is 3.15. The summed E-state index contributed by atoms with van der Waals surface area (Å²) in [4.78, 5) is 2.27. The maximum absolute atomic E-state index is 14.1. The van der Waals surface area contributed by atoms with Gasteiger partial charge in [-0.25, -0.2) is 4.39 Å². The number of hydrogen-bond donors (Lipinski definition) is 1. The minimum atomic E-state index is -0.124. The van der Waals surface area contributed by atoms with Crippen LogP contribution in [-0.4, -0.2) is 20.1 Å². The molecule has 1 aromatic carbocycles. The zero-order valence-electron chi connectivity index (χ0n) is 11.3. The highest BCUT2D eigenvalue weighted by molar-refractivity contribution is 5.57. The van der Waals surface area contributed by atoms with Gasteiger partial charge < -0.3 is 10.2 Å². The number of nitrogens with zero attached hydrogens (tertiary/aromatic N) is 1. The van der Waals surface area contributed by atoms with Gasteiger partial charge >= 0.3 is 0 Å². The van der Waals surface area contributed by atoms with Crippen molar-refractivity contribution < 1.29 is 4.39 Å². The molecule has 0 aromatic heterocycles. The van der Waals surface area contributed by atoms with Crippen molar-refractivity contribution in [2.45, 2.75) is 26.3 Å². The van der Waals surface area contributed by atoms with Crippen molar-refractivity contribution in [3.8, 4) is 0 Å². The molecule has 0 bridgehead atoms. The fourth-order valence-electron chi connectivity index (χ4n) is 2.49. The first kappa shape index (κ1) is 13.1. The van der Waals surface area contributed by atoms with Gasteiger partial charge in [0, 0.05) is 30.4 Å². The third-order valence-electron chi connectivity index (χ3n) is 3.57. The lowest BCUT2D eigenvalue weighted by Crippen LogP contribution is -2.31. The van der Waals surface area contributed by atoms with Crippen LogP contribution >= 0.6 is 0 Å². The molecule has 1 atom stereocenters. The summed E-state index contributed by atoms with van der Waals surface area (Å²) in [6.45, 7) is 5.98. The quantitative estimate of drug-likeness (QED) is 0.826. The summed E-state index contributed by atoms with van der Waals surface area (Å²) < 4.78 is 14.1. The van der Waals surface area contributed by atoms with Gasteiger partial charge in [0.15, 0.2) is 0 Å². The molecule has 3 heteroatoms. The van der Waals surface area contributed by atoms with Gasteiger partial charge in [-0.05, 0) is 39.4 Å². The molecule has 0 saturated heterocycles. The van der Waals surface area contributed by atoms with Crippen LogP contribution in [0, 0.1) is 5.82 Å². The highest BCUT2D eigenvalue weighted by Crippen LogP contribution is 2.30. The van der Waals surface area contributed by atoms with E-state index in [4.69, 9.17) is 0 Å². The van der Waals surface area contributed by atoms with Crippen LogP contribution in [0.2, 0.25) is 0 Å². The molecule has 18 heavy (non-hydrogen) atoms. The second-order valence-corrected chi connectivity index (χ2v) is 4.94. The third-order valence-corrected chi connectivity index (χ3v) is 3.57. The van der Waals surface area contributed by atoms with Crippen molar-refractivity contribution in [2.24, 2.45) is 0 Å². The Morgan fingerprint density at radius 1 is 1.39 bits per heavy atom. The van der Waals surface area contributed by atoms with Crippen LogP contribution in [0.15, 0.2) is 29.8 Å². The first-order valence-electron chi connectivity index (χ1n) is 6.49. The smallest absolute Gasteiger partial charge is 0.130 e. The molecule has 0 fully saturated rings. The molecule has 2 rings (SSSR count). The van der Waals surface area contributed by atoms with Gasteiger partial charge in [0.05, 0.1) is 0 Å². The van der Waals surface area contributed by atoms with E-state index in [1.807, 2.05) is 20.0 Å². The largest absolute Gasteiger partial charge is 0.367 e. The number of rotatable bonds is 3. The number of halogens is 1. The van der Waals surface area contributed by atoms with Crippen LogP contribution in [0.3, 0.4) is 0 Å². The SMILES string of the molecule is CNC(C)c1c(F)cccc1N1CCC=C(C)C1. The molecule has 0 radical (unpaired) electrons. The Balaban J connectivity index is 2.38. The van der Waals surface area contributed by atoms with Crippen molar-refractivity contribution in [3.05, 3.63) is 41.2 Å². The second-order valence-electron chi connectivity index (χ2n) is 4.94. The van der Waals surface area contributed by atoms with E-state index in [9.17, 15) is 4.39 Å². The molecular formula is C15H21FN2. The second kappa shape index (κ2) is 5.53. The Morgan fingerprint density at radius 3 is 2.83 bits per heavy atom. The highest BCUT2D eigenvalue weighted by Gasteiger charge is 2.19. The van der Waals surface area contributed by atoms with Crippen LogP contribution in [0.5, 0.6) is 0 Å². The van der Waals surface area contributed by atoms with Crippen LogP contribution < -0.4 is 10.2 Å². The lowest BCUT2D eigenvalue weighted by atomic mass is 10.0. The lowest BCUT2D eigenvalue weighted by molar-refractivity contribution is 0.559. The highest BCUT2D eigenvalue weighted by atomic mass is 19.1. The van der Waals surface area contributed by atoms with E-state index < -0.39 is 0 Å². The summed E-state index contributed by atoms with van der Waals surface area (Å²) in [5.74, 6) is -0.124. The zero-order chi connectivity index (χ0) is 13.1. The third kappa shape index (κ3) is 2.56. The Morgan fingerprint density at radius 2 is 2.17 bits per heavy atom. The molecule has 0 spiro atoms.